The van der Waals surface area contributed by atoms with Gasteiger partial charge < -0.3 is 5.32 Å². The van der Waals surface area contributed by atoms with E-state index in [0.29, 0.717) is 11.3 Å². The molecule has 1 atom stereocenters. The average molecular weight is 403 g/mol. The smallest absolute Gasteiger partial charge is 0.255 e. The maximum atomic E-state index is 12.7. The van der Waals surface area contributed by atoms with Crippen molar-refractivity contribution in [2.45, 2.75) is 19.2 Å². The fourth-order valence-electron chi connectivity index (χ4n) is 3.52. The second kappa shape index (κ2) is 8.13. The summed E-state index contributed by atoms with van der Waals surface area (Å²) >= 11 is 1.60. The Morgan fingerprint density at radius 2 is 1.79 bits per heavy atom. The SMILES string of the molecule is Cc1cccc(N2C(=O)CSC2c2cccc(NC(=O)c3ccccc3C)c2)c1. The molecule has 0 radical (unpaired) electrons. The molecule has 0 bridgehead atoms. The summed E-state index contributed by atoms with van der Waals surface area (Å²) in [6.45, 7) is 3.94. The van der Waals surface area contributed by atoms with Gasteiger partial charge in [0.2, 0.25) is 5.91 Å². The number of hydrogen-bond donors (Lipinski definition) is 1. The number of nitrogens with one attached hydrogen (secondary N) is 1. The van der Waals surface area contributed by atoms with Crippen molar-refractivity contribution in [2.24, 2.45) is 0 Å². The van der Waals surface area contributed by atoms with Crippen LogP contribution in [-0.2, 0) is 4.79 Å². The highest BCUT2D eigenvalue weighted by molar-refractivity contribution is 8.00. The van der Waals surface area contributed by atoms with Crippen LogP contribution in [0, 0.1) is 13.8 Å². The fourth-order valence-corrected chi connectivity index (χ4v) is 4.69. The van der Waals surface area contributed by atoms with E-state index >= 15 is 0 Å². The van der Waals surface area contributed by atoms with Crippen molar-refractivity contribution in [1.29, 1.82) is 0 Å². The second-order valence-corrected chi connectivity index (χ2v) is 8.23. The minimum atomic E-state index is -0.133. The van der Waals surface area contributed by atoms with Crippen LogP contribution in [0.1, 0.15) is 32.4 Å². The molecule has 29 heavy (non-hydrogen) atoms. The lowest BCUT2D eigenvalue weighted by atomic mass is 10.1. The molecule has 1 unspecified atom stereocenters. The van der Waals surface area contributed by atoms with E-state index in [0.717, 1.165) is 28.1 Å². The van der Waals surface area contributed by atoms with Crippen molar-refractivity contribution >= 4 is 35.0 Å². The first-order valence-electron chi connectivity index (χ1n) is 9.50. The molecule has 146 valence electrons. The molecule has 0 saturated carbocycles. The zero-order valence-electron chi connectivity index (χ0n) is 16.4. The van der Waals surface area contributed by atoms with E-state index in [1.54, 1.807) is 11.8 Å². The molecule has 1 fully saturated rings. The number of hydrogen-bond acceptors (Lipinski definition) is 3. The largest absolute Gasteiger partial charge is 0.322 e. The lowest BCUT2D eigenvalue weighted by Crippen LogP contribution is -2.27. The third-order valence-corrected chi connectivity index (χ3v) is 6.18. The Morgan fingerprint density at radius 3 is 2.59 bits per heavy atom. The van der Waals surface area contributed by atoms with E-state index in [1.807, 2.05) is 91.5 Å². The molecule has 2 amide bonds. The first-order valence-corrected chi connectivity index (χ1v) is 10.5. The van der Waals surface area contributed by atoms with Crippen LogP contribution in [0.25, 0.3) is 0 Å². The third kappa shape index (κ3) is 4.05. The summed E-state index contributed by atoms with van der Waals surface area (Å²) in [5, 5.41) is 2.87. The van der Waals surface area contributed by atoms with Gasteiger partial charge in [0.05, 0.1) is 5.75 Å². The number of carbonyl (C=O) groups is 2. The molecule has 1 aliphatic rings. The zero-order chi connectivity index (χ0) is 20.4. The van der Waals surface area contributed by atoms with Crippen LogP contribution in [0.4, 0.5) is 11.4 Å². The molecule has 1 aliphatic heterocycles. The van der Waals surface area contributed by atoms with Gasteiger partial charge in [0.15, 0.2) is 0 Å². The molecule has 5 heteroatoms. The van der Waals surface area contributed by atoms with Crippen LogP contribution in [0.3, 0.4) is 0 Å². The van der Waals surface area contributed by atoms with Gasteiger partial charge in [-0.25, -0.2) is 0 Å². The highest BCUT2D eigenvalue weighted by Gasteiger charge is 2.34. The number of amides is 2. The molecule has 1 heterocycles. The highest BCUT2D eigenvalue weighted by Crippen LogP contribution is 2.42. The predicted molar refractivity (Wildman–Crippen MR) is 119 cm³/mol. The molecular formula is C24H22N2O2S. The van der Waals surface area contributed by atoms with Crippen LogP contribution < -0.4 is 10.2 Å². The molecule has 0 aromatic heterocycles. The summed E-state index contributed by atoms with van der Waals surface area (Å²) in [5.41, 5.74) is 5.32. The van der Waals surface area contributed by atoms with Crippen molar-refractivity contribution in [3.8, 4) is 0 Å². The third-order valence-electron chi connectivity index (χ3n) is 4.97. The fraction of sp³-hybridized carbons (Fsp3) is 0.167. The van der Waals surface area contributed by atoms with Crippen LogP contribution >= 0.6 is 11.8 Å². The number of carbonyl (C=O) groups excluding carboxylic acids is 2. The van der Waals surface area contributed by atoms with Gasteiger partial charge in [0, 0.05) is 16.9 Å². The molecule has 0 spiro atoms. The van der Waals surface area contributed by atoms with E-state index < -0.39 is 0 Å². The first-order chi connectivity index (χ1) is 14.0. The second-order valence-electron chi connectivity index (χ2n) is 7.16. The van der Waals surface area contributed by atoms with Crippen molar-refractivity contribution in [1.82, 2.24) is 0 Å². The topological polar surface area (TPSA) is 49.4 Å². The molecular weight excluding hydrogens is 380 g/mol. The Labute approximate surface area is 174 Å². The normalized spacial score (nSPS) is 16.1. The molecule has 1 N–H and O–H groups in total. The summed E-state index contributed by atoms with van der Waals surface area (Å²) < 4.78 is 0. The minimum absolute atomic E-state index is 0.0972. The van der Waals surface area contributed by atoms with Gasteiger partial charge in [-0.1, -0.05) is 42.5 Å². The standard InChI is InChI=1S/C24H22N2O2S/c1-16-7-5-11-20(13-16)26-22(27)15-29-24(26)18-9-6-10-19(14-18)25-23(28)21-12-4-3-8-17(21)2/h3-14,24H,15H2,1-2H3,(H,25,28). The van der Waals surface area contributed by atoms with E-state index in [4.69, 9.17) is 0 Å². The summed E-state index contributed by atoms with van der Waals surface area (Å²) in [7, 11) is 0. The molecule has 4 nitrogen and oxygen atoms in total. The minimum Gasteiger partial charge on any atom is -0.322 e. The molecule has 3 aromatic carbocycles. The summed E-state index contributed by atoms with van der Waals surface area (Å²) in [6, 6.07) is 23.3. The van der Waals surface area contributed by atoms with Crippen molar-refractivity contribution in [2.75, 3.05) is 16.0 Å². The quantitative estimate of drug-likeness (QED) is 0.641. The van der Waals surface area contributed by atoms with Gasteiger partial charge in [0.1, 0.15) is 5.37 Å². The summed E-state index contributed by atoms with van der Waals surface area (Å²) in [4.78, 5) is 27.1. The molecule has 0 aliphatic carbocycles. The monoisotopic (exact) mass is 402 g/mol. The van der Waals surface area contributed by atoms with Gasteiger partial charge in [-0.2, -0.15) is 0 Å². The van der Waals surface area contributed by atoms with Gasteiger partial charge in [-0.3, -0.25) is 14.5 Å². The van der Waals surface area contributed by atoms with Crippen molar-refractivity contribution < 1.29 is 9.59 Å². The van der Waals surface area contributed by atoms with Crippen LogP contribution in [0.2, 0.25) is 0 Å². The Balaban J connectivity index is 1.60. The zero-order valence-corrected chi connectivity index (χ0v) is 17.2. The Morgan fingerprint density at radius 1 is 1.00 bits per heavy atom. The number of thioether (sulfide) groups is 1. The van der Waals surface area contributed by atoms with Crippen molar-refractivity contribution in [3.63, 3.8) is 0 Å². The van der Waals surface area contributed by atoms with E-state index in [9.17, 15) is 9.59 Å². The lowest BCUT2D eigenvalue weighted by Gasteiger charge is -2.25. The van der Waals surface area contributed by atoms with Gasteiger partial charge >= 0.3 is 0 Å². The van der Waals surface area contributed by atoms with Crippen LogP contribution in [0.15, 0.2) is 72.8 Å². The first kappa shape index (κ1) is 19.3. The van der Waals surface area contributed by atoms with Crippen molar-refractivity contribution in [3.05, 3.63) is 95.1 Å². The summed E-state index contributed by atoms with van der Waals surface area (Å²) in [6.07, 6.45) is 0. The average Bonchev–Trinajstić information content (AvgIpc) is 3.10. The van der Waals surface area contributed by atoms with Crippen LogP contribution in [0.5, 0.6) is 0 Å². The number of anilines is 2. The summed E-state index contributed by atoms with van der Waals surface area (Å²) in [5.74, 6) is 0.407. The van der Waals surface area contributed by atoms with E-state index in [2.05, 4.69) is 5.32 Å². The lowest BCUT2D eigenvalue weighted by molar-refractivity contribution is -0.115. The van der Waals surface area contributed by atoms with Crippen LogP contribution in [-0.4, -0.2) is 17.6 Å². The van der Waals surface area contributed by atoms with E-state index in [-0.39, 0.29) is 17.2 Å². The van der Waals surface area contributed by atoms with E-state index in [1.165, 1.54) is 0 Å². The number of aryl methyl sites for hydroxylation is 2. The predicted octanol–water partition coefficient (Wildman–Crippen LogP) is 5.33. The van der Waals surface area contributed by atoms with Gasteiger partial charge in [0.25, 0.3) is 5.91 Å². The molecule has 4 rings (SSSR count). The maximum Gasteiger partial charge on any atom is 0.255 e. The Hall–Kier alpha value is -3.05. The highest BCUT2D eigenvalue weighted by atomic mass is 32.2. The Bertz CT molecular complexity index is 1080. The van der Waals surface area contributed by atoms with Gasteiger partial charge in [-0.15, -0.1) is 11.8 Å². The number of rotatable bonds is 4. The molecule has 3 aromatic rings. The number of benzene rings is 3. The number of nitrogens with zero attached hydrogens (tertiary/aromatic N) is 1. The Kier molecular flexibility index (Phi) is 5.41. The van der Waals surface area contributed by atoms with Gasteiger partial charge in [-0.05, 0) is 60.9 Å². The molecule has 1 saturated heterocycles. The maximum absolute atomic E-state index is 12.7.